The molecule has 484 valence electrons. The molecule has 2 aromatic heterocycles. The van der Waals surface area contributed by atoms with Crippen molar-refractivity contribution in [2.24, 2.45) is 42.6 Å². The minimum atomic E-state index is -0.0671. The molecule has 11 rings (SSSR count). The van der Waals surface area contributed by atoms with E-state index in [1.165, 1.54) is 11.0 Å². The summed E-state index contributed by atoms with van der Waals surface area (Å²) in [4.78, 5) is 105. The van der Waals surface area contributed by atoms with E-state index in [0.717, 1.165) is 64.5 Å². The molecule has 1 N–H and O–H groups in total. The summed E-state index contributed by atoms with van der Waals surface area (Å²) in [6.45, 7) is 30.2. The first kappa shape index (κ1) is 77.8. The Morgan fingerprint density at radius 1 is 0.541 bits per heavy atom. The predicted octanol–water partition coefficient (Wildman–Crippen LogP) is 5.93. The molecule has 28 nitrogen and oxygen atoms in total. The summed E-state index contributed by atoms with van der Waals surface area (Å²) < 4.78 is 43.5. The number of esters is 9. The van der Waals surface area contributed by atoms with E-state index in [9.17, 15) is 47.9 Å². The van der Waals surface area contributed by atoms with Crippen LogP contribution in [0, 0.1) is 42.4 Å². The number of hydrogen-bond donors (Lipinski definition) is 1. The summed E-state index contributed by atoms with van der Waals surface area (Å²) in [5, 5.41) is 22.9. The quantitative estimate of drug-likeness (QED) is 0.269. The molecule has 9 atom stereocenters. The van der Waals surface area contributed by atoms with Gasteiger partial charge in [-0.2, -0.15) is 5.21 Å². The molecule has 9 aliphatic heterocycles. The van der Waals surface area contributed by atoms with E-state index in [4.69, 9.17) is 23.7 Å². The topological polar surface area (TPSA) is 355 Å². The van der Waals surface area contributed by atoms with Crippen molar-refractivity contribution in [3.63, 3.8) is 0 Å². The molecule has 28 heteroatoms. The van der Waals surface area contributed by atoms with Crippen molar-refractivity contribution in [1.82, 2.24) is 45.7 Å². The second kappa shape index (κ2) is 46.2. The first-order valence-electron chi connectivity index (χ1n) is 29.3. The van der Waals surface area contributed by atoms with E-state index in [1.807, 2.05) is 62.3 Å². The summed E-state index contributed by atoms with van der Waals surface area (Å²) in [7, 11) is 1.76. The third-order valence-corrected chi connectivity index (χ3v) is 12.6. The number of aryl methyl sites for hydroxylation is 2. The summed E-state index contributed by atoms with van der Waals surface area (Å²) in [6, 6.07) is 0. The molecule has 9 aliphatic rings. The summed E-state index contributed by atoms with van der Waals surface area (Å²) in [5.41, 5.74) is 0. The highest BCUT2D eigenvalue weighted by molar-refractivity contribution is 5.77. The number of nitrogens with one attached hydrogen (secondary N) is 1. The summed E-state index contributed by atoms with van der Waals surface area (Å²) >= 11 is 0. The average Bonchev–Trinajstić information content (AvgIpc) is 4.35. The van der Waals surface area contributed by atoms with E-state index >= 15 is 0 Å². The molecule has 0 bridgehead atoms. The molecule has 0 aromatic carbocycles. The lowest BCUT2D eigenvalue weighted by Crippen LogP contribution is -2.31. The van der Waals surface area contributed by atoms with Crippen molar-refractivity contribution in [2.45, 2.75) is 198 Å². The molecule has 1 amide bonds. The van der Waals surface area contributed by atoms with Crippen molar-refractivity contribution < 1.29 is 90.6 Å². The maximum atomic E-state index is 10.6. The molecule has 2 aromatic rings. The molecule has 11 heterocycles. The van der Waals surface area contributed by atoms with Gasteiger partial charge in [0.1, 0.15) is 19.0 Å². The largest absolute Gasteiger partial charge is 0.466 e. The molecule has 9 unspecified atom stereocenters. The van der Waals surface area contributed by atoms with Gasteiger partial charge in [0.2, 0.25) is 5.91 Å². The van der Waals surface area contributed by atoms with E-state index in [0.29, 0.717) is 102 Å². The van der Waals surface area contributed by atoms with Crippen molar-refractivity contribution in [3.8, 4) is 0 Å². The normalized spacial score (nSPS) is 25.2. The molecule has 0 aliphatic carbocycles. The highest BCUT2D eigenvalue weighted by Crippen LogP contribution is 2.17. The van der Waals surface area contributed by atoms with Crippen LogP contribution in [0.3, 0.4) is 0 Å². The number of H-pyrrole nitrogens is 1. The molecule has 0 saturated carbocycles. The lowest BCUT2D eigenvalue weighted by molar-refractivity contribution is -0.168. The molecule has 9 fully saturated rings. The van der Waals surface area contributed by atoms with Gasteiger partial charge in [0.15, 0.2) is 5.82 Å². The van der Waals surface area contributed by atoms with Crippen LogP contribution in [0.5, 0.6) is 0 Å². The van der Waals surface area contributed by atoms with E-state index in [2.05, 4.69) is 68.9 Å². The average molecular weight is 1210 g/mol. The zero-order chi connectivity index (χ0) is 64.3. The number of carbonyl (C=O) groups is 10. The first-order chi connectivity index (χ1) is 40.1. The number of carbonyl (C=O) groups excluding carboxylic acids is 10. The van der Waals surface area contributed by atoms with Gasteiger partial charge in [-0.25, -0.2) is 4.68 Å². The van der Waals surface area contributed by atoms with Crippen molar-refractivity contribution in [3.05, 3.63) is 12.2 Å². The zero-order valence-electron chi connectivity index (χ0n) is 52.7. The van der Waals surface area contributed by atoms with Crippen LogP contribution in [0.1, 0.15) is 179 Å². The van der Waals surface area contributed by atoms with E-state index < -0.39 is 0 Å². The standard InChI is InChI=1S/C6H13NO.4C6H10O2.3C5H8O2.2C4H6O2.2C2H4N4/c1-4-7(5-2)6(3)8;1-5-2-3-8-6(7)4-5;1-5-2-3-6(7)8-4-5;1-5-3-2-4-8-6(5)7;1-5-3-2-4-6(7)8-5;1-4-2-5(6)7-3-4;1-4-2-3-7-5(4)6;1-4-2-3-5(6)7-4;1-3-2-6-4(3)5;1-3-2-4(5)6-3;1-6-2-3-4-5-6;1-2-3-5-6-4-2/h4-5H2,1-3H3;4*5H,2-4H2,1H3;3*4H,2-3H2,1H3;2*3H,2H2,1H3;2H,1H3;1H3,(H,3,4,5,6). The van der Waals surface area contributed by atoms with Crippen LogP contribution in [0.2, 0.25) is 0 Å². The number of aromatic amines is 1. The summed E-state index contributed by atoms with van der Waals surface area (Å²) in [6.07, 6.45) is 13.6. The van der Waals surface area contributed by atoms with Crippen molar-refractivity contribution >= 4 is 59.6 Å². The fourth-order valence-corrected chi connectivity index (χ4v) is 7.03. The van der Waals surface area contributed by atoms with Crippen LogP contribution in [0.4, 0.5) is 0 Å². The third-order valence-electron chi connectivity index (χ3n) is 12.6. The van der Waals surface area contributed by atoms with Crippen LogP contribution in [-0.4, -0.2) is 176 Å². The van der Waals surface area contributed by atoms with Crippen LogP contribution >= 0.6 is 0 Å². The Labute approximate surface area is 500 Å². The van der Waals surface area contributed by atoms with Crippen molar-refractivity contribution in [2.75, 3.05) is 52.7 Å². The minimum absolute atomic E-state index is 0.0312. The highest BCUT2D eigenvalue weighted by atomic mass is 16.6. The predicted molar refractivity (Wildman–Crippen MR) is 303 cm³/mol. The van der Waals surface area contributed by atoms with Crippen LogP contribution in [-0.2, 0) is 97.6 Å². The number of nitrogens with zero attached hydrogens (tertiary/aromatic N) is 8. The SMILES string of the molecule is CC1CC(=O)O1.CC1CCC(=O)O1.CC1CCC(=O)OC1.CC1CCCC(=O)O1.CC1CCCOC1=O.CC1CCOC(=O)C1.CC1CCOC1=O.CC1COC(=O)C1.CC1COC1=O.CCN(CC)C(C)=O.Cc1nn[nH]n1.Cn1cnnn1. The second-order valence-corrected chi connectivity index (χ2v) is 21.4. The Morgan fingerprint density at radius 3 is 1.27 bits per heavy atom. The van der Waals surface area contributed by atoms with E-state index in [1.54, 1.807) is 25.8 Å². The monoisotopic (exact) mass is 1210 g/mol. The Hall–Kier alpha value is -7.16. The number of aromatic nitrogens is 8. The van der Waals surface area contributed by atoms with Crippen LogP contribution in [0.15, 0.2) is 6.33 Å². The van der Waals surface area contributed by atoms with Gasteiger partial charge in [-0.1, -0.05) is 39.8 Å². The molecular weight excluding hydrogens is 1110 g/mol. The fourth-order valence-electron chi connectivity index (χ4n) is 7.03. The Morgan fingerprint density at radius 2 is 1.07 bits per heavy atom. The zero-order valence-corrected chi connectivity index (χ0v) is 52.7. The number of hydrogen-bond acceptors (Lipinski definition) is 25. The van der Waals surface area contributed by atoms with Crippen LogP contribution < -0.4 is 0 Å². The Kier molecular flexibility index (Phi) is 42.3. The van der Waals surface area contributed by atoms with Gasteiger partial charge in [0.05, 0.1) is 75.8 Å². The lowest BCUT2D eigenvalue weighted by Gasteiger charge is -2.20. The molecule has 85 heavy (non-hydrogen) atoms. The number of cyclic esters (lactones) is 9. The van der Waals surface area contributed by atoms with Gasteiger partial charge in [-0.15, -0.1) is 15.3 Å². The Balaban J connectivity index is 0.000000907. The molecule has 0 spiro atoms. The fraction of sp³-hybridized carbons (Fsp3) is 0.789. The maximum absolute atomic E-state index is 10.6. The number of rotatable bonds is 2. The van der Waals surface area contributed by atoms with Gasteiger partial charge >= 0.3 is 53.7 Å². The second-order valence-electron chi connectivity index (χ2n) is 21.4. The van der Waals surface area contributed by atoms with Crippen molar-refractivity contribution in [1.29, 1.82) is 0 Å². The van der Waals surface area contributed by atoms with E-state index in [-0.39, 0.29) is 95.7 Å². The lowest BCUT2D eigenvalue weighted by atomic mass is 10.0. The van der Waals surface area contributed by atoms with Gasteiger partial charge in [-0.3, -0.25) is 47.9 Å². The molecular formula is C57H97N9O19. The Bertz CT molecular complexity index is 2130. The van der Waals surface area contributed by atoms with Gasteiger partial charge in [-0.05, 0) is 122 Å². The molecule has 9 saturated heterocycles. The minimum Gasteiger partial charge on any atom is -0.466 e. The van der Waals surface area contributed by atoms with Crippen LogP contribution in [0.25, 0.3) is 0 Å². The smallest absolute Gasteiger partial charge is 0.312 e. The third kappa shape index (κ3) is 42.3. The number of tetrazole rings is 2. The van der Waals surface area contributed by atoms with Gasteiger partial charge < -0.3 is 47.5 Å². The highest BCUT2D eigenvalue weighted by Gasteiger charge is 2.25. The first-order valence-corrected chi connectivity index (χ1v) is 29.3. The maximum Gasteiger partial charge on any atom is 0.312 e. The molecule has 0 radical (unpaired) electrons. The van der Waals surface area contributed by atoms with Gasteiger partial charge in [0, 0.05) is 58.7 Å². The summed E-state index contributed by atoms with van der Waals surface area (Å²) in [5.74, 6) is 2.46. The number of amides is 1. The van der Waals surface area contributed by atoms with Gasteiger partial charge in [0.25, 0.3) is 0 Å². The number of ether oxygens (including phenoxy) is 9.